The van der Waals surface area contributed by atoms with Crippen LogP contribution >= 0.6 is 11.8 Å². The summed E-state index contributed by atoms with van der Waals surface area (Å²) < 4.78 is 0. The molecule has 2 saturated heterocycles. The minimum atomic E-state index is -0.373. The highest BCUT2D eigenvalue weighted by atomic mass is 32.2. The fourth-order valence-electron chi connectivity index (χ4n) is 2.84. The number of amides is 2. The standard InChI is InChI=1S/C13H22N2O2S/c1-8(2)11-12(16)14-9(3)13(17)15(11)10-4-6-18-7-5-10/h8-11H,4-7H2,1-3H3,(H,14,16). The summed E-state index contributed by atoms with van der Waals surface area (Å²) >= 11 is 1.94. The lowest BCUT2D eigenvalue weighted by Crippen LogP contribution is -2.66. The van der Waals surface area contributed by atoms with Crippen molar-refractivity contribution in [2.45, 2.75) is 51.7 Å². The summed E-state index contributed by atoms with van der Waals surface area (Å²) in [6, 6.07) is -0.413. The van der Waals surface area contributed by atoms with Gasteiger partial charge in [0.2, 0.25) is 11.8 Å². The van der Waals surface area contributed by atoms with Gasteiger partial charge in [-0.15, -0.1) is 0 Å². The molecule has 2 rings (SSSR count). The second-order valence-corrected chi connectivity index (χ2v) is 6.73. The second-order valence-electron chi connectivity index (χ2n) is 5.51. The van der Waals surface area contributed by atoms with Crippen molar-refractivity contribution in [3.8, 4) is 0 Å². The number of hydrogen-bond donors (Lipinski definition) is 1. The lowest BCUT2D eigenvalue weighted by Gasteiger charge is -2.45. The molecule has 0 aromatic heterocycles. The Morgan fingerprint density at radius 3 is 2.44 bits per heavy atom. The predicted octanol–water partition coefficient (Wildman–Crippen LogP) is 1.25. The number of hydrogen-bond acceptors (Lipinski definition) is 3. The highest BCUT2D eigenvalue weighted by Gasteiger charge is 2.43. The third-order valence-corrected chi connectivity index (χ3v) is 4.82. The maximum Gasteiger partial charge on any atom is 0.245 e. The second kappa shape index (κ2) is 5.51. The van der Waals surface area contributed by atoms with E-state index in [0.29, 0.717) is 0 Å². The van der Waals surface area contributed by atoms with Gasteiger partial charge in [-0.2, -0.15) is 11.8 Å². The van der Waals surface area contributed by atoms with Gasteiger partial charge in [0.25, 0.3) is 0 Å². The van der Waals surface area contributed by atoms with Gasteiger partial charge in [0.15, 0.2) is 0 Å². The van der Waals surface area contributed by atoms with E-state index in [1.165, 1.54) is 0 Å². The molecule has 0 aliphatic carbocycles. The molecule has 2 amide bonds. The predicted molar refractivity (Wildman–Crippen MR) is 73.4 cm³/mol. The Kier molecular flexibility index (Phi) is 4.20. The van der Waals surface area contributed by atoms with Crippen LogP contribution in [0.25, 0.3) is 0 Å². The molecule has 2 unspecified atom stereocenters. The molecular formula is C13H22N2O2S. The molecule has 102 valence electrons. The highest BCUT2D eigenvalue weighted by Crippen LogP contribution is 2.28. The number of nitrogens with one attached hydrogen (secondary N) is 1. The molecule has 2 aliphatic rings. The molecule has 0 spiro atoms. The molecule has 0 aromatic carbocycles. The highest BCUT2D eigenvalue weighted by molar-refractivity contribution is 7.99. The van der Waals surface area contributed by atoms with Gasteiger partial charge in [0.05, 0.1) is 0 Å². The van der Waals surface area contributed by atoms with Crippen molar-refractivity contribution in [1.29, 1.82) is 0 Å². The van der Waals surface area contributed by atoms with Gasteiger partial charge < -0.3 is 10.2 Å². The average molecular weight is 270 g/mol. The lowest BCUT2D eigenvalue weighted by atomic mass is 9.94. The molecule has 2 fully saturated rings. The zero-order valence-electron chi connectivity index (χ0n) is 11.3. The largest absolute Gasteiger partial charge is 0.343 e. The molecule has 4 nitrogen and oxygen atoms in total. The van der Waals surface area contributed by atoms with Crippen molar-refractivity contribution in [2.75, 3.05) is 11.5 Å². The van der Waals surface area contributed by atoms with Crippen molar-refractivity contribution in [1.82, 2.24) is 10.2 Å². The fourth-order valence-corrected chi connectivity index (χ4v) is 3.92. The van der Waals surface area contributed by atoms with Gasteiger partial charge in [0, 0.05) is 6.04 Å². The van der Waals surface area contributed by atoms with Crippen LogP contribution in [0.2, 0.25) is 0 Å². The minimum Gasteiger partial charge on any atom is -0.343 e. The van der Waals surface area contributed by atoms with Crippen LogP contribution in [0, 0.1) is 5.92 Å². The first-order valence-corrected chi connectivity index (χ1v) is 7.88. The van der Waals surface area contributed by atoms with Crippen LogP contribution in [0.4, 0.5) is 0 Å². The Labute approximate surface area is 113 Å². The first-order chi connectivity index (χ1) is 8.52. The number of rotatable bonds is 2. The summed E-state index contributed by atoms with van der Waals surface area (Å²) in [5.74, 6) is 2.45. The van der Waals surface area contributed by atoms with Crippen molar-refractivity contribution in [3.05, 3.63) is 0 Å². The van der Waals surface area contributed by atoms with E-state index in [1.54, 1.807) is 6.92 Å². The molecule has 5 heteroatoms. The zero-order chi connectivity index (χ0) is 13.3. The van der Waals surface area contributed by atoms with Gasteiger partial charge in [-0.05, 0) is 37.2 Å². The molecular weight excluding hydrogens is 248 g/mol. The Morgan fingerprint density at radius 2 is 1.89 bits per heavy atom. The van der Waals surface area contributed by atoms with Crippen molar-refractivity contribution >= 4 is 23.6 Å². The van der Waals surface area contributed by atoms with Crippen molar-refractivity contribution in [3.63, 3.8) is 0 Å². The number of nitrogens with zero attached hydrogens (tertiary/aromatic N) is 1. The van der Waals surface area contributed by atoms with Crippen LogP contribution in [-0.4, -0.2) is 46.3 Å². The third-order valence-electron chi connectivity index (χ3n) is 3.77. The van der Waals surface area contributed by atoms with Gasteiger partial charge in [-0.25, -0.2) is 0 Å². The number of piperazine rings is 1. The van der Waals surface area contributed by atoms with Gasteiger partial charge in [-0.1, -0.05) is 13.8 Å². The van der Waals surface area contributed by atoms with E-state index >= 15 is 0 Å². The van der Waals surface area contributed by atoms with Crippen LogP contribution in [0.15, 0.2) is 0 Å². The van der Waals surface area contributed by atoms with Gasteiger partial charge in [-0.3, -0.25) is 9.59 Å². The quantitative estimate of drug-likeness (QED) is 0.821. The third kappa shape index (κ3) is 2.51. The molecule has 0 aromatic rings. The molecule has 2 heterocycles. The Balaban J connectivity index is 2.24. The normalized spacial score (nSPS) is 30.8. The van der Waals surface area contributed by atoms with Gasteiger partial charge in [0.1, 0.15) is 12.1 Å². The summed E-state index contributed by atoms with van der Waals surface area (Å²) in [5, 5.41) is 2.79. The first-order valence-electron chi connectivity index (χ1n) is 6.72. The van der Waals surface area contributed by atoms with Crippen LogP contribution in [0.5, 0.6) is 0 Å². The monoisotopic (exact) mass is 270 g/mol. The molecule has 18 heavy (non-hydrogen) atoms. The Morgan fingerprint density at radius 1 is 1.28 bits per heavy atom. The molecule has 1 N–H and O–H groups in total. The molecule has 2 aliphatic heterocycles. The van der Waals surface area contributed by atoms with Crippen LogP contribution in [-0.2, 0) is 9.59 Å². The van der Waals surface area contributed by atoms with E-state index in [0.717, 1.165) is 24.3 Å². The minimum absolute atomic E-state index is 0.00956. The lowest BCUT2D eigenvalue weighted by molar-refractivity contribution is -0.153. The average Bonchev–Trinajstić information content (AvgIpc) is 2.34. The summed E-state index contributed by atoms with van der Waals surface area (Å²) in [6.07, 6.45) is 2.03. The number of thioether (sulfide) groups is 1. The number of carbonyl (C=O) groups excluding carboxylic acids is 2. The maximum atomic E-state index is 12.4. The number of carbonyl (C=O) groups is 2. The van der Waals surface area contributed by atoms with Crippen LogP contribution in [0.1, 0.15) is 33.6 Å². The summed E-state index contributed by atoms with van der Waals surface area (Å²) in [7, 11) is 0. The molecule has 2 atom stereocenters. The van der Waals surface area contributed by atoms with Gasteiger partial charge >= 0.3 is 0 Å². The van der Waals surface area contributed by atoms with E-state index in [-0.39, 0.29) is 35.9 Å². The summed E-state index contributed by atoms with van der Waals surface area (Å²) in [5.41, 5.74) is 0. The van der Waals surface area contributed by atoms with E-state index < -0.39 is 0 Å². The summed E-state index contributed by atoms with van der Waals surface area (Å²) in [6.45, 7) is 5.80. The van der Waals surface area contributed by atoms with E-state index in [1.807, 2.05) is 30.5 Å². The zero-order valence-corrected chi connectivity index (χ0v) is 12.1. The molecule has 0 bridgehead atoms. The van der Waals surface area contributed by atoms with E-state index in [4.69, 9.17) is 0 Å². The van der Waals surface area contributed by atoms with Crippen LogP contribution < -0.4 is 5.32 Å². The van der Waals surface area contributed by atoms with Crippen molar-refractivity contribution in [2.24, 2.45) is 5.92 Å². The maximum absolute atomic E-state index is 12.4. The topological polar surface area (TPSA) is 49.4 Å². The Bertz CT molecular complexity index is 340. The SMILES string of the molecule is CC1NC(=O)C(C(C)C)N(C2CCSCC2)C1=O. The van der Waals surface area contributed by atoms with E-state index in [2.05, 4.69) is 5.32 Å². The van der Waals surface area contributed by atoms with E-state index in [9.17, 15) is 9.59 Å². The molecule has 0 radical (unpaired) electrons. The fraction of sp³-hybridized carbons (Fsp3) is 0.846. The van der Waals surface area contributed by atoms with Crippen molar-refractivity contribution < 1.29 is 9.59 Å². The smallest absolute Gasteiger partial charge is 0.245 e. The summed E-state index contributed by atoms with van der Waals surface area (Å²) in [4.78, 5) is 26.4. The first kappa shape index (κ1) is 13.7. The van der Waals surface area contributed by atoms with Crippen LogP contribution in [0.3, 0.4) is 0 Å². The Hall–Kier alpha value is -0.710. The molecule has 0 saturated carbocycles.